The summed E-state index contributed by atoms with van der Waals surface area (Å²) in [6.07, 6.45) is 1.69. The van der Waals surface area contributed by atoms with E-state index in [9.17, 15) is 14.4 Å². The standard InChI is InChI=1S/C31H26N2O7S/c1-3-39-30(37)26-27(20-9-5-4-6-10-20)32-31-33(28(26)21-12-14-22(38-2)15-13-21)29(36)24(41-31)17-19-8-7-11-23(16-19)40-18-25(34)35/h4-17,28H,3,18H2,1-2H3,(H,34,35)/b24-17-. The van der Waals surface area contributed by atoms with Gasteiger partial charge in [0.05, 0.1) is 35.6 Å². The molecule has 5 rings (SSSR count). The van der Waals surface area contributed by atoms with E-state index >= 15 is 0 Å². The summed E-state index contributed by atoms with van der Waals surface area (Å²) >= 11 is 1.19. The summed E-state index contributed by atoms with van der Waals surface area (Å²) < 4.78 is 18.0. The normalized spacial score (nSPS) is 14.7. The average Bonchev–Trinajstić information content (AvgIpc) is 3.30. The summed E-state index contributed by atoms with van der Waals surface area (Å²) in [5.41, 5.74) is 2.41. The predicted molar refractivity (Wildman–Crippen MR) is 154 cm³/mol. The van der Waals surface area contributed by atoms with Crippen LogP contribution in [0.5, 0.6) is 11.5 Å². The number of esters is 1. The van der Waals surface area contributed by atoms with Gasteiger partial charge >= 0.3 is 11.9 Å². The topological polar surface area (TPSA) is 116 Å². The van der Waals surface area contributed by atoms with Crippen LogP contribution in [-0.2, 0) is 14.3 Å². The fourth-order valence-electron chi connectivity index (χ4n) is 4.53. The number of aromatic nitrogens is 1. The number of carboxylic acids is 1. The smallest absolute Gasteiger partial charge is 0.341 e. The Morgan fingerprint density at radius 2 is 1.78 bits per heavy atom. The molecule has 0 bridgehead atoms. The molecule has 10 heteroatoms. The van der Waals surface area contributed by atoms with Crippen molar-refractivity contribution < 1.29 is 28.9 Å². The van der Waals surface area contributed by atoms with Crippen molar-refractivity contribution in [3.8, 4) is 11.5 Å². The van der Waals surface area contributed by atoms with Crippen LogP contribution in [0.15, 0.2) is 94.2 Å². The van der Waals surface area contributed by atoms with Gasteiger partial charge in [-0.15, -0.1) is 0 Å². The van der Waals surface area contributed by atoms with Crippen molar-refractivity contribution in [3.05, 3.63) is 121 Å². The maximum Gasteiger partial charge on any atom is 0.341 e. The number of hydrogen-bond acceptors (Lipinski definition) is 8. The van der Waals surface area contributed by atoms with Gasteiger partial charge in [0.25, 0.3) is 5.56 Å². The molecule has 9 nitrogen and oxygen atoms in total. The molecule has 2 heterocycles. The third kappa shape index (κ3) is 5.82. The third-order valence-corrected chi connectivity index (χ3v) is 7.31. The van der Waals surface area contributed by atoms with Gasteiger partial charge in [0.15, 0.2) is 11.4 Å². The summed E-state index contributed by atoms with van der Waals surface area (Å²) in [7, 11) is 1.57. The molecule has 0 fully saturated rings. The molecule has 1 aliphatic heterocycles. The SMILES string of the molecule is CCOC(=O)C1=C(c2ccccc2)N=c2s/c(=C\c3cccc(OCC(=O)O)c3)c(=O)n2C1c1ccc(OC)cc1. The third-order valence-electron chi connectivity index (χ3n) is 6.32. The highest BCUT2D eigenvalue weighted by molar-refractivity contribution is 7.07. The maximum absolute atomic E-state index is 14.0. The first-order chi connectivity index (χ1) is 19.9. The molecule has 4 aromatic rings. The van der Waals surface area contributed by atoms with Crippen molar-refractivity contribution in [1.82, 2.24) is 4.57 Å². The number of rotatable bonds is 9. The lowest BCUT2D eigenvalue weighted by Gasteiger charge is -2.26. The van der Waals surface area contributed by atoms with Gasteiger partial charge in [-0.2, -0.15) is 0 Å². The molecule has 0 saturated carbocycles. The zero-order chi connectivity index (χ0) is 28.9. The summed E-state index contributed by atoms with van der Waals surface area (Å²) in [5, 5.41) is 8.93. The maximum atomic E-state index is 14.0. The summed E-state index contributed by atoms with van der Waals surface area (Å²) in [6.45, 7) is 1.41. The van der Waals surface area contributed by atoms with Gasteiger partial charge in [0.1, 0.15) is 11.5 Å². The minimum absolute atomic E-state index is 0.157. The van der Waals surface area contributed by atoms with E-state index in [1.54, 1.807) is 56.5 Å². The first-order valence-corrected chi connectivity index (χ1v) is 13.6. The molecule has 1 unspecified atom stereocenters. The molecule has 0 aliphatic carbocycles. The Morgan fingerprint density at radius 1 is 1.02 bits per heavy atom. The molecule has 0 amide bonds. The van der Waals surface area contributed by atoms with Crippen molar-refractivity contribution in [2.24, 2.45) is 4.99 Å². The van der Waals surface area contributed by atoms with Gasteiger partial charge in [-0.05, 0) is 48.4 Å². The number of methoxy groups -OCH3 is 1. The number of nitrogens with zero attached hydrogens (tertiary/aromatic N) is 2. The highest BCUT2D eigenvalue weighted by atomic mass is 32.1. The second-order valence-electron chi connectivity index (χ2n) is 8.96. The van der Waals surface area contributed by atoms with Gasteiger partial charge < -0.3 is 19.3 Å². The zero-order valence-corrected chi connectivity index (χ0v) is 23.1. The van der Waals surface area contributed by atoms with Crippen molar-refractivity contribution in [1.29, 1.82) is 0 Å². The van der Waals surface area contributed by atoms with E-state index < -0.39 is 24.6 Å². The van der Waals surface area contributed by atoms with Gasteiger partial charge in [-0.3, -0.25) is 9.36 Å². The molecule has 0 radical (unpaired) electrons. The first-order valence-electron chi connectivity index (χ1n) is 12.8. The molecule has 1 aliphatic rings. The van der Waals surface area contributed by atoms with Crippen LogP contribution in [0.25, 0.3) is 11.8 Å². The average molecular weight is 571 g/mol. The van der Waals surface area contributed by atoms with Crippen LogP contribution in [0.2, 0.25) is 0 Å². The Labute approximate surface area is 238 Å². The molecule has 1 N–H and O–H groups in total. The highest BCUT2D eigenvalue weighted by Crippen LogP contribution is 2.35. The Morgan fingerprint density at radius 3 is 2.46 bits per heavy atom. The van der Waals surface area contributed by atoms with Gasteiger partial charge in [-0.25, -0.2) is 14.6 Å². The van der Waals surface area contributed by atoms with E-state index in [4.69, 9.17) is 24.3 Å². The predicted octanol–water partition coefficient (Wildman–Crippen LogP) is 3.41. The molecular weight excluding hydrogens is 544 g/mol. The Hall–Kier alpha value is -4.96. The summed E-state index contributed by atoms with van der Waals surface area (Å²) in [4.78, 5) is 43.6. The van der Waals surface area contributed by atoms with Crippen molar-refractivity contribution in [2.75, 3.05) is 20.3 Å². The number of carbonyl (C=O) groups excluding carboxylic acids is 1. The van der Waals surface area contributed by atoms with Crippen molar-refractivity contribution >= 4 is 35.0 Å². The molecule has 41 heavy (non-hydrogen) atoms. The van der Waals surface area contributed by atoms with Crippen LogP contribution in [-0.4, -0.2) is 41.9 Å². The van der Waals surface area contributed by atoms with Crippen LogP contribution in [0, 0.1) is 0 Å². The molecule has 208 valence electrons. The Balaban J connectivity index is 1.74. The van der Waals surface area contributed by atoms with Crippen LogP contribution >= 0.6 is 11.3 Å². The molecule has 1 atom stereocenters. The second kappa shape index (κ2) is 12.1. The van der Waals surface area contributed by atoms with E-state index in [-0.39, 0.29) is 17.7 Å². The summed E-state index contributed by atoms with van der Waals surface area (Å²) in [6, 6.07) is 22.5. The molecular formula is C31H26N2O7S. The van der Waals surface area contributed by atoms with E-state index in [1.807, 2.05) is 42.5 Å². The fourth-order valence-corrected chi connectivity index (χ4v) is 5.53. The minimum atomic E-state index is -1.09. The fraction of sp³-hybridized carbons (Fsp3) is 0.161. The van der Waals surface area contributed by atoms with E-state index in [2.05, 4.69) is 0 Å². The van der Waals surface area contributed by atoms with Crippen LogP contribution in [0.1, 0.15) is 29.7 Å². The lowest BCUT2D eigenvalue weighted by molar-refractivity contribution is -0.140. The number of thiazole rings is 1. The number of hydrogen-bond donors (Lipinski definition) is 1. The van der Waals surface area contributed by atoms with Crippen molar-refractivity contribution in [3.63, 3.8) is 0 Å². The Bertz CT molecular complexity index is 1810. The molecule has 3 aromatic carbocycles. The Kier molecular flexibility index (Phi) is 8.11. The van der Waals surface area contributed by atoms with Crippen LogP contribution < -0.4 is 24.4 Å². The quantitative estimate of drug-likeness (QED) is 0.307. The zero-order valence-electron chi connectivity index (χ0n) is 22.3. The first kappa shape index (κ1) is 27.6. The van der Waals surface area contributed by atoms with Crippen molar-refractivity contribution in [2.45, 2.75) is 13.0 Å². The number of fused-ring (bicyclic) bond motifs is 1. The second-order valence-corrected chi connectivity index (χ2v) is 9.97. The summed E-state index contributed by atoms with van der Waals surface area (Å²) in [5.74, 6) is -0.653. The molecule has 0 spiro atoms. The van der Waals surface area contributed by atoms with Crippen LogP contribution in [0.4, 0.5) is 0 Å². The number of benzene rings is 3. The van der Waals surface area contributed by atoms with Crippen LogP contribution in [0.3, 0.4) is 0 Å². The van der Waals surface area contributed by atoms with E-state index in [0.717, 1.165) is 5.56 Å². The van der Waals surface area contributed by atoms with Gasteiger partial charge in [0, 0.05) is 5.56 Å². The molecule has 1 aromatic heterocycles. The number of aliphatic carboxylic acids is 1. The van der Waals surface area contributed by atoms with Gasteiger partial charge in [-0.1, -0.05) is 65.9 Å². The van der Waals surface area contributed by atoms with Gasteiger partial charge in [0.2, 0.25) is 0 Å². The van der Waals surface area contributed by atoms with E-state index in [0.29, 0.717) is 37.7 Å². The lowest BCUT2D eigenvalue weighted by Crippen LogP contribution is -2.40. The molecule has 0 saturated heterocycles. The monoisotopic (exact) mass is 570 g/mol. The lowest BCUT2D eigenvalue weighted by atomic mass is 9.93. The number of carbonyl (C=O) groups is 2. The van der Waals surface area contributed by atoms with E-state index in [1.165, 1.54) is 15.9 Å². The number of ether oxygens (including phenoxy) is 3. The minimum Gasteiger partial charge on any atom is -0.497 e. The number of carboxylic acid groups (broad SMARTS) is 1. The largest absolute Gasteiger partial charge is 0.497 e. The highest BCUT2D eigenvalue weighted by Gasteiger charge is 2.35.